The predicted molar refractivity (Wildman–Crippen MR) is 58.1 cm³/mol. The van der Waals surface area contributed by atoms with E-state index < -0.39 is 0 Å². The van der Waals surface area contributed by atoms with Gasteiger partial charge in [0.25, 0.3) is 0 Å². The van der Waals surface area contributed by atoms with Gasteiger partial charge in [0, 0.05) is 20.0 Å². The number of nitrogens with zero attached hydrogens (tertiary/aromatic N) is 1. The molecule has 1 aromatic carbocycles. The van der Waals surface area contributed by atoms with E-state index in [1.54, 1.807) is 6.92 Å². The lowest BCUT2D eigenvalue weighted by atomic mass is 10.2. The molecule has 0 atom stereocenters. The van der Waals surface area contributed by atoms with Gasteiger partial charge in [0.15, 0.2) is 0 Å². The molecular formula is C12H17NO. The number of aryl methyl sites for hydroxylation is 1. The lowest BCUT2D eigenvalue weighted by Gasteiger charge is -2.29. The number of carbonyl (C=O) groups is 1. The van der Waals surface area contributed by atoms with E-state index in [9.17, 15) is 4.79 Å². The average Bonchev–Trinajstić information content (AvgIpc) is 2.02. The second-order valence-corrected chi connectivity index (χ2v) is 3.51. The highest BCUT2D eigenvalue weighted by Gasteiger charge is 2.14. The van der Waals surface area contributed by atoms with Crippen molar-refractivity contribution in [3.8, 4) is 0 Å². The van der Waals surface area contributed by atoms with Gasteiger partial charge in [0.05, 0.1) is 0 Å². The molecule has 1 amide bonds. The summed E-state index contributed by atoms with van der Waals surface area (Å²) in [7, 11) is 0. The summed E-state index contributed by atoms with van der Waals surface area (Å²) in [5, 5.41) is 0. The SMILES string of the molecule is CC(=O)N1CCC1.Cc1ccccc1. The van der Waals surface area contributed by atoms with Crippen LogP contribution < -0.4 is 0 Å². The van der Waals surface area contributed by atoms with Gasteiger partial charge in [-0.1, -0.05) is 35.9 Å². The van der Waals surface area contributed by atoms with Crippen molar-refractivity contribution in [3.05, 3.63) is 35.9 Å². The van der Waals surface area contributed by atoms with Crippen LogP contribution in [0, 0.1) is 6.92 Å². The Kier molecular flexibility index (Phi) is 4.17. The predicted octanol–water partition coefficient (Wildman–Crippen LogP) is 2.23. The molecule has 1 saturated heterocycles. The lowest BCUT2D eigenvalue weighted by Crippen LogP contribution is -2.40. The third-order valence-electron chi connectivity index (χ3n) is 2.24. The topological polar surface area (TPSA) is 20.3 Å². The van der Waals surface area contributed by atoms with Gasteiger partial charge in [-0.15, -0.1) is 0 Å². The summed E-state index contributed by atoms with van der Waals surface area (Å²) < 4.78 is 0. The molecular weight excluding hydrogens is 174 g/mol. The molecule has 1 heterocycles. The van der Waals surface area contributed by atoms with E-state index in [0.717, 1.165) is 13.1 Å². The number of carbonyl (C=O) groups excluding carboxylic acids is 1. The van der Waals surface area contributed by atoms with Gasteiger partial charge in [-0.05, 0) is 13.3 Å². The van der Waals surface area contributed by atoms with E-state index in [-0.39, 0.29) is 5.91 Å². The summed E-state index contributed by atoms with van der Waals surface area (Å²) in [5.74, 6) is 0.214. The Balaban J connectivity index is 0.000000140. The maximum absolute atomic E-state index is 10.4. The summed E-state index contributed by atoms with van der Waals surface area (Å²) in [4.78, 5) is 12.2. The van der Waals surface area contributed by atoms with E-state index in [1.165, 1.54) is 12.0 Å². The van der Waals surface area contributed by atoms with Crippen LogP contribution in [0.4, 0.5) is 0 Å². The molecule has 14 heavy (non-hydrogen) atoms. The number of rotatable bonds is 0. The quantitative estimate of drug-likeness (QED) is 0.616. The third-order valence-corrected chi connectivity index (χ3v) is 2.24. The molecule has 0 spiro atoms. The highest BCUT2D eigenvalue weighted by molar-refractivity contribution is 5.73. The van der Waals surface area contributed by atoms with Gasteiger partial charge < -0.3 is 4.90 Å². The van der Waals surface area contributed by atoms with E-state index in [2.05, 4.69) is 19.1 Å². The number of hydrogen-bond acceptors (Lipinski definition) is 1. The Morgan fingerprint density at radius 3 is 1.93 bits per heavy atom. The zero-order chi connectivity index (χ0) is 10.4. The fraction of sp³-hybridized carbons (Fsp3) is 0.417. The molecule has 0 unspecified atom stereocenters. The van der Waals surface area contributed by atoms with Crippen molar-refractivity contribution in [1.82, 2.24) is 4.90 Å². The molecule has 0 aromatic heterocycles. The molecule has 2 heteroatoms. The fourth-order valence-corrected chi connectivity index (χ4v) is 1.17. The molecule has 2 rings (SSSR count). The van der Waals surface area contributed by atoms with Crippen molar-refractivity contribution in [2.75, 3.05) is 13.1 Å². The van der Waals surface area contributed by atoms with Crippen LogP contribution in [0.1, 0.15) is 18.9 Å². The van der Waals surface area contributed by atoms with Gasteiger partial charge in [-0.3, -0.25) is 4.79 Å². The monoisotopic (exact) mass is 191 g/mol. The number of amides is 1. The summed E-state index contributed by atoms with van der Waals surface area (Å²) in [6, 6.07) is 10.3. The molecule has 0 radical (unpaired) electrons. The van der Waals surface area contributed by atoms with Gasteiger partial charge in [-0.2, -0.15) is 0 Å². The molecule has 1 fully saturated rings. The minimum absolute atomic E-state index is 0.214. The van der Waals surface area contributed by atoms with E-state index >= 15 is 0 Å². The van der Waals surface area contributed by atoms with Crippen LogP contribution in [0.15, 0.2) is 30.3 Å². The second-order valence-electron chi connectivity index (χ2n) is 3.51. The summed E-state index contributed by atoms with van der Waals surface area (Å²) >= 11 is 0. The second kappa shape index (κ2) is 5.43. The van der Waals surface area contributed by atoms with Crippen molar-refractivity contribution in [2.45, 2.75) is 20.3 Å². The Bertz CT molecular complexity index is 278. The molecule has 0 N–H and O–H groups in total. The van der Waals surface area contributed by atoms with Gasteiger partial charge in [-0.25, -0.2) is 0 Å². The molecule has 0 saturated carbocycles. The average molecular weight is 191 g/mol. The molecule has 0 bridgehead atoms. The van der Waals surface area contributed by atoms with Gasteiger partial charge in [0.1, 0.15) is 0 Å². The van der Waals surface area contributed by atoms with Crippen LogP contribution in [0.5, 0.6) is 0 Å². The first-order valence-electron chi connectivity index (χ1n) is 4.97. The van der Waals surface area contributed by atoms with Crippen molar-refractivity contribution < 1.29 is 4.79 Å². The van der Waals surface area contributed by atoms with Crippen molar-refractivity contribution in [1.29, 1.82) is 0 Å². The summed E-state index contributed by atoms with van der Waals surface area (Å²) in [6.07, 6.45) is 1.19. The minimum atomic E-state index is 0.214. The Labute approximate surface area is 85.5 Å². The Morgan fingerprint density at radius 2 is 1.79 bits per heavy atom. The molecule has 1 aliphatic rings. The van der Waals surface area contributed by atoms with Gasteiger partial charge >= 0.3 is 0 Å². The van der Waals surface area contributed by atoms with Crippen LogP contribution in [-0.4, -0.2) is 23.9 Å². The zero-order valence-electron chi connectivity index (χ0n) is 8.86. The van der Waals surface area contributed by atoms with Crippen LogP contribution in [-0.2, 0) is 4.79 Å². The number of hydrogen-bond donors (Lipinski definition) is 0. The molecule has 2 nitrogen and oxygen atoms in total. The molecule has 1 aromatic rings. The first-order valence-corrected chi connectivity index (χ1v) is 4.97. The zero-order valence-corrected chi connectivity index (χ0v) is 8.86. The van der Waals surface area contributed by atoms with Crippen LogP contribution in [0.3, 0.4) is 0 Å². The summed E-state index contributed by atoms with van der Waals surface area (Å²) in [5.41, 5.74) is 1.32. The largest absolute Gasteiger partial charge is 0.343 e. The standard InChI is InChI=1S/C7H8.C5H9NO/c1-7-5-3-2-4-6-7;1-5(7)6-3-2-4-6/h2-6H,1H3;2-4H2,1H3. The lowest BCUT2D eigenvalue weighted by molar-refractivity contribution is -0.132. The van der Waals surface area contributed by atoms with Crippen LogP contribution in [0.25, 0.3) is 0 Å². The van der Waals surface area contributed by atoms with Crippen LogP contribution in [0.2, 0.25) is 0 Å². The van der Waals surface area contributed by atoms with E-state index in [1.807, 2.05) is 23.1 Å². The maximum atomic E-state index is 10.4. The first kappa shape index (κ1) is 10.8. The maximum Gasteiger partial charge on any atom is 0.219 e. The first-order chi connectivity index (χ1) is 6.70. The molecule has 0 aliphatic carbocycles. The summed E-state index contributed by atoms with van der Waals surface area (Å²) in [6.45, 7) is 5.66. The van der Waals surface area contributed by atoms with E-state index in [4.69, 9.17) is 0 Å². The minimum Gasteiger partial charge on any atom is -0.343 e. The number of benzene rings is 1. The molecule has 76 valence electrons. The fourth-order valence-electron chi connectivity index (χ4n) is 1.17. The highest BCUT2D eigenvalue weighted by Crippen LogP contribution is 2.03. The van der Waals surface area contributed by atoms with Crippen molar-refractivity contribution >= 4 is 5.91 Å². The van der Waals surface area contributed by atoms with Crippen molar-refractivity contribution in [2.24, 2.45) is 0 Å². The van der Waals surface area contributed by atoms with Crippen molar-refractivity contribution in [3.63, 3.8) is 0 Å². The Hall–Kier alpha value is -1.31. The third kappa shape index (κ3) is 3.60. The van der Waals surface area contributed by atoms with Crippen LogP contribution >= 0.6 is 0 Å². The Morgan fingerprint density at radius 1 is 1.21 bits per heavy atom. The smallest absolute Gasteiger partial charge is 0.219 e. The highest BCUT2D eigenvalue weighted by atomic mass is 16.2. The normalized spacial score (nSPS) is 13.7. The van der Waals surface area contributed by atoms with E-state index in [0.29, 0.717) is 0 Å². The van der Waals surface area contributed by atoms with Gasteiger partial charge in [0.2, 0.25) is 5.91 Å². The number of likely N-dealkylation sites (tertiary alicyclic amines) is 1. The molecule has 1 aliphatic heterocycles.